The van der Waals surface area contributed by atoms with Gasteiger partial charge in [0, 0.05) is 17.0 Å². The van der Waals surface area contributed by atoms with E-state index in [4.69, 9.17) is 0 Å². The van der Waals surface area contributed by atoms with E-state index in [0.717, 1.165) is 42.5 Å². The average Bonchev–Trinajstić information content (AvgIpc) is 2.87. The molecule has 1 aromatic rings. The fourth-order valence-corrected chi connectivity index (χ4v) is 5.11. The van der Waals surface area contributed by atoms with Crippen molar-refractivity contribution in [1.82, 2.24) is 0 Å². The molecule has 0 radical (unpaired) electrons. The summed E-state index contributed by atoms with van der Waals surface area (Å²) in [7, 11) is -3.21. The Morgan fingerprint density at radius 2 is 1.67 bits per heavy atom. The average molecular weight is 347 g/mol. The minimum absolute atomic E-state index is 0.0104. The van der Waals surface area contributed by atoms with Gasteiger partial charge >= 0.3 is 0 Å². The van der Waals surface area contributed by atoms with Crippen LogP contribution < -0.4 is 4.90 Å². The van der Waals surface area contributed by atoms with Gasteiger partial charge in [-0.1, -0.05) is 25.3 Å². The highest BCUT2D eigenvalue weighted by Crippen LogP contribution is 2.31. The van der Waals surface area contributed by atoms with Crippen LogP contribution in [0.2, 0.25) is 0 Å². The molecule has 1 heterocycles. The van der Waals surface area contributed by atoms with E-state index in [9.17, 15) is 13.2 Å². The van der Waals surface area contributed by atoms with Gasteiger partial charge in [-0.3, -0.25) is 4.79 Å². The third-order valence-electron chi connectivity index (χ3n) is 4.92. The molecule has 1 amide bonds. The van der Waals surface area contributed by atoms with Crippen LogP contribution in [0.25, 0.3) is 0 Å². The molecule has 130 valence electrons. The van der Waals surface area contributed by atoms with Crippen LogP contribution in [0.5, 0.6) is 0 Å². The number of rotatable bonds is 3. The van der Waals surface area contributed by atoms with Gasteiger partial charge in [-0.2, -0.15) is 0 Å². The minimum Gasteiger partial charge on any atom is -0.304 e. The van der Waals surface area contributed by atoms with E-state index in [2.05, 4.69) is 6.07 Å². The Balaban J connectivity index is 1.97. The highest BCUT2D eigenvalue weighted by atomic mass is 32.2. The topological polar surface area (TPSA) is 54.5 Å². The quantitative estimate of drug-likeness (QED) is 0.840. The van der Waals surface area contributed by atoms with E-state index in [1.165, 1.54) is 11.8 Å². The van der Waals surface area contributed by atoms with Gasteiger partial charge in [0.05, 0.1) is 11.8 Å². The maximum Gasteiger partial charge on any atom is 0.230 e. The number of nitrogens with zero attached hydrogens (tertiary/aromatic N) is 1. The summed E-state index contributed by atoms with van der Waals surface area (Å²) < 4.78 is 23.8. The van der Waals surface area contributed by atoms with Crippen LogP contribution in [-0.4, -0.2) is 26.1 Å². The molecule has 0 aromatic heterocycles. The van der Waals surface area contributed by atoms with Crippen molar-refractivity contribution in [3.63, 3.8) is 0 Å². The van der Waals surface area contributed by atoms with Crippen molar-refractivity contribution in [2.24, 2.45) is 5.92 Å². The smallest absolute Gasteiger partial charge is 0.230 e. The molecule has 1 atom stereocenters. The number of hydrogen-bond acceptors (Lipinski definition) is 3. The number of hydrogen-bond donors (Lipinski definition) is 0. The molecule has 1 saturated carbocycles. The lowest BCUT2D eigenvalue weighted by Gasteiger charge is -2.33. The van der Waals surface area contributed by atoms with Gasteiger partial charge in [-0.15, -0.1) is 0 Å². The summed E-state index contributed by atoms with van der Waals surface area (Å²) in [5.74, 6) is 0.0704. The first-order valence-electron chi connectivity index (χ1n) is 8.68. The fraction of sp³-hybridized carbons (Fsp3) is 0.526. The van der Waals surface area contributed by atoms with Crippen molar-refractivity contribution in [1.29, 1.82) is 0 Å². The standard InChI is InChI=1S/C19H25NO3S/c1-14-10-15(2)12-18(11-14)20(17-8-9-24(22,23)13-17)19(21)16-6-4-3-5-7-16/h8-12,16-17H,3-7,13H2,1-2H3/t17-/m0/s1. The summed E-state index contributed by atoms with van der Waals surface area (Å²) in [5, 5.41) is 1.25. The molecule has 0 spiro atoms. The Kier molecular flexibility index (Phi) is 4.81. The first kappa shape index (κ1) is 17.2. The van der Waals surface area contributed by atoms with Crippen molar-refractivity contribution in [3.8, 4) is 0 Å². The lowest BCUT2D eigenvalue weighted by Crippen LogP contribution is -2.45. The second-order valence-electron chi connectivity index (χ2n) is 7.11. The van der Waals surface area contributed by atoms with Gasteiger partial charge in [0.1, 0.15) is 0 Å². The maximum atomic E-state index is 13.2. The Bertz CT molecular complexity index is 741. The number of carbonyl (C=O) groups excluding carboxylic acids is 1. The van der Waals surface area contributed by atoms with Crippen molar-refractivity contribution in [2.75, 3.05) is 10.7 Å². The minimum atomic E-state index is -3.21. The number of anilines is 1. The van der Waals surface area contributed by atoms with Crippen molar-refractivity contribution >= 4 is 21.4 Å². The molecule has 1 aliphatic carbocycles. The van der Waals surface area contributed by atoms with E-state index in [1.807, 2.05) is 26.0 Å². The van der Waals surface area contributed by atoms with Gasteiger partial charge in [0.2, 0.25) is 5.91 Å². The molecule has 0 N–H and O–H groups in total. The highest BCUT2D eigenvalue weighted by molar-refractivity contribution is 7.94. The summed E-state index contributed by atoms with van der Waals surface area (Å²) >= 11 is 0. The van der Waals surface area contributed by atoms with E-state index in [1.54, 1.807) is 11.0 Å². The first-order chi connectivity index (χ1) is 11.4. The lowest BCUT2D eigenvalue weighted by molar-refractivity contribution is -0.123. The molecule has 24 heavy (non-hydrogen) atoms. The largest absolute Gasteiger partial charge is 0.304 e. The molecule has 4 nitrogen and oxygen atoms in total. The molecular formula is C19H25NO3S. The highest BCUT2D eigenvalue weighted by Gasteiger charge is 2.35. The van der Waals surface area contributed by atoms with Gasteiger partial charge < -0.3 is 4.90 Å². The van der Waals surface area contributed by atoms with Gasteiger partial charge in [0.25, 0.3) is 0 Å². The Labute approximate surface area is 144 Å². The van der Waals surface area contributed by atoms with Crippen LogP contribution in [-0.2, 0) is 14.6 Å². The number of carbonyl (C=O) groups is 1. The summed E-state index contributed by atoms with van der Waals surface area (Å²) in [6, 6.07) is 5.62. The normalized spacial score (nSPS) is 23.3. The summed E-state index contributed by atoms with van der Waals surface area (Å²) in [6.45, 7) is 4.00. The molecule has 1 fully saturated rings. The summed E-state index contributed by atoms with van der Waals surface area (Å²) in [4.78, 5) is 14.9. The molecule has 1 aliphatic heterocycles. The Hall–Kier alpha value is -1.62. The zero-order valence-corrected chi connectivity index (χ0v) is 15.2. The first-order valence-corrected chi connectivity index (χ1v) is 10.4. The maximum absolute atomic E-state index is 13.2. The SMILES string of the molecule is Cc1cc(C)cc(N(C(=O)C2CCCCC2)[C@H]2C=CS(=O)(=O)C2)c1. The number of amides is 1. The third kappa shape index (κ3) is 3.72. The van der Waals surface area contributed by atoms with Crippen LogP contribution in [0, 0.1) is 19.8 Å². The monoisotopic (exact) mass is 347 g/mol. The van der Waals surface area contributed by atoms with Gasteiger partial charge in [0.15, 0.2) is 9.84 Å². The molecular weight excluding hydrogens is 322 g/mol. The predicted molar refractivity (Wildman–Crippen MR) is 96.7 cm³/mol. The van der Waals surface area contributed by atoms with E-state index in [0.29, 0.717) is 0 Å². The van der Waals surface area contributed by atoms with Gasteiger partial charge in [-0.25, -0.2) is 8.42 Å². The van der Waals surface area contributed by atoms with Crippen molar-refractivity contribution in [3.05, 3.63) is 40.8 Å². The van der Waals surface area contributed by atoms with E-state index in [-0.39, 0.29) is 17.6 Å². The number of benzene rings is 1. The van der Waals surface area contributed by atoms with Crippen LogP contribution in [0.4, 0.5) is 5.69 Å². The van der Waals surface area contributed by atoms with Crippen LogP contribution >= 0.6 is 0 Å². The molecule has 0 unspecified atom stereocenters. The Morgan fingerprint density at radius 3 is 2.21 bits per heavy atom. The second kappa shape index (κ2) is 6.71. The van der Waals surface area contributed by atoms with Crippen LogP contribution in [0.15, 0.2) is 29.7 Å². The number of aryl methyl sites for hydroxylation is 2. The fourth-order valence-electron chi connectivity index (χ4n) is 3.84. The van der Waals surface area contributed by atoms with E-state index >= 15 is 0 Å². The van der Waals surface area contributed by atoms with E-state index < -0.39 is 15.9 Å². The zero-order valence-electron chi connectivity index (χ0n) is 14.4. The van der Waals surface area contributed by atoms with Crippen LogP contribution in [0.1, 0.15) is 43.2 Å². The Morgan fingerprint density at radius 1 is 1.04 bits per heavy atom. The summed E-state index contributed by atoms with van der Waals surface area (Å²) in [6.07, 6.45) is 6.82. The summed E-state index contributed by atoms with van der Waals surface area (Å²) in [5.41, 5.74) is 2.97. The third-order valence-corrected chi connectivity index (χ3v) is 6.30. The molecule has 1 aromatic carbocycles. The molecule has 3 rings (SSSR count). The predicted octanol–water partition coefficient (Wildman–Crippen LogP) is 3.53. The molecule has 0 saturated heterocycles. The molecule has 5 heteroatoms. The van der Waals surface area contributed by atoms with Gasteiger partial charge in [-0.05, 0) is 56.0 Å². The zero-order chi connectivity index (χ0) is 17.3. The molecule has 2 aliphatic rings. The number of sulfone groups is 1. The second-order valence-corrected chi connectivity index (χ2v) is 9.05. The van der Waals surface area contributed by atoms with Crippen molar-refractivity contribution < 1.29 is 13.2 Å². The van der Waals surface area contributed by atoms with Crippen molar-refractivity contribution in [2.45, 2.75) is 52.0 Å². The van der Waals surface area contributed by atoms with Crippen LogP contribution in [0.3, 0.4) is 0 Å². The lowest BCUT2D eigenvalue weighted by atomic mass is 9.87. The molecule has 0 bridgehead atoms.